The fourth-order valence-corrected chi connectivity index (χ4v) is 4.54. The van der Waals surface area contributed by atoms with Gasteiger partial charge in [-0.1, -0.05) is 6.07 Å². The van der Waals surface area contributed by atoms with E-state index in [9.17, 15) is 19.7 Å². The fourth-order valence-electron chi connectivity index (χ4n) is 4.54. The summed E-state index contributed by atoms with van der Waals surface area (Å²) in [5.74, 6) is 0.615. The molecule has 4 rings (SSSR count). The average molecular weight is 454 g/mol. The number of nitro groups is 1. The number of rotatable bonds is 4. The Morgan fingerprint density at radius 2 is 1.76 bits per heavy atom. The minimum absolute atomic E-state index is 0.0367. The second kappa shape index (κ2) is 8.38. The van der Waals surface area contributed by atoms with Crippen LogP contribution in [0.25, 0.3) is 0 Å². The second-order valence-corrected chi connectivity index (χ2v) is 8.54. The maximum absolute atomic E-state index is 13.2. The molecule has 0 bridgehead atoms. The number of carbonyl (C=O) groups is 2. The molecule has 0 atom stereocenters. The number of fused-ring (bicyclic) bond motifs is 1. The molecule has 0 unspecified atom stereocenters. The molecule has 1 amide bonds. The van der Waals surface area contributed by atoms with Crippen LogP contribution in [0.15, 0.2) is 24.3 Å². The molecular formula is C24H26N2O7. The standard InChI is InChI=1S/C24H26N2O7/c1-14-5-6-16-19(27)13-24(33-22(16)15(14)2)7-9-25(10-8-24)23(28)17-11-20(31-3)21(32-4)12-18(17)26(29)30/h5-6,11-12H,7-10,13H2,1-4H3. The molecule has 2 aromatic rings. The first-order chi connectivity index (χ1) is 15.7. The van der Waals surface area contributed by atoms with Crippen molar-refractivity contribution < 1.29 is 28.7 Å². The monoisotopic (exact) mass is 454 g/mol. The van der Waals surface area contributed by atoms with E-state index in [-0.39, 0.29) is 35.0 Å². The van der Waals surface area contributed by atoms with Gasteiger partial charge in [0, 0.05) is 32.0 Å². The number of likely N-dealkylation sites (tertiary alicyclic amines) is 1. The van der Waals surface area contributed by atoms with E-state index in [1.807, 2.05) is 26.0 Å². The molecule has 0 radical (unpaired) electrons. The van der Waals surface area contributed by atoms with Crippen LogP contribution in [0.1, 0.15) is 51.1 Å². The van der Waals surface area contributed by atoms with Gasteiger partial charge in [0.15, 0.2) is 17.3 Å². The number of aryl methyl sites for hydroxylation is 1. The van der Waals surface area contributed by atoms with Crippen LogP contribution in [-0.4, -0.2) is 54.4 Å². The summed E-state index contributed by atoms with van der Waals surface area (Å²) in [5.41, 5.74) is 1.51. The van der Waals surface area contributed by atoms with E-state index in [0.717, 1.165) is 11.1 Å². The van der Waals surface area contributed by atoms with Gasteiger partial charge in [-0.25, -0.2) is 0 Å². The molecule has 2 aliphatic heterocycles. The molecule has 0 aromatic heterocycles. The van der Waals surface area contributed by atoms with Crippen LogP contribution in [-0.2, 0) is 0 Å². The van der Waals surface area contributed by atoms with E-state index in [4.69, 9.17) is 14.2 Å². The van der Waals surface area contributed by atoms with E-state index in [1.54, 1.807) is 4.90 Å². The van der Waals surface area contributed by atoms with Crippen LogP contribution in [0.5, 0.6) is 17.2 Å². The lowest BCUT2D eigenvalue weighted by atomic mass is 9.81. The normalized spacial score (nSPS) is 16.7. The number of amides is 1. The number of benzene rings is 2. The van der Waals surface area contributed by atoms with Crippen LogP contribution in [0.4, 0.5) is 5.69 Å². The molecule has 0 saturated carbocycles. The average Bonchev–Trinajstić information content (AvgIpc) is 2.80. The lowest BCUT2D eigenvalue weighted by Crippen LogP contribution is -2.52. The van der Waals surface area contributed by atoms with Crippen molar-refractivity contribution in [3.05, 3.63) is 56.6 Å². The summed E-state index contributed by atoms with van der Waals surface area (Å²) in [5, 5.41) is 11.6. The lowest BCUT2D eigenvalue weighted by Gasteiger charge is -2.44. The van der Waals surface area contributed by atoms with Gasteiger partial charge in [0.1, 0.15) is 16.9 Å². The molecule has 0 N–H and O–H groups in total. The molecule has 1 saturated heterocycles. The minimum atomic E-state index is -0.678. The number of hydrogen-bond acceptors (Lipinski definition) is 7. The van der Waals surface area contributed by atoms with Crippen LogP contribution in [0.2, 0.25) is 0 Å². The molecule has 2 heterocycles. The number of carbonyl (C=O) groups excluding carboxylic acids is 2. The van der Waals surface area contributed by atoms with E-state index < -0.39 is 16.4 Å². The van der Waals surface area contributed by atoms with Crippen molar-refractivity contribution in [3.63, 3.8) is 0 Å². The van der Waals surface area contributed by atoms with Gasteiger partial charge in [-0.05, 0) is 31.0 Å². The van der Waals surface area contributed by atoms with Crippen molar-refractivity contribution >= 4 is 17.4 Å². The molecule has 2 aliphatic rings. The molecule has 2 aromatic carbocycles. The highest BCUT2D eigenvalue weighted by atomic mass is 16.6. The molecule has 33 heavy (non-hydrogen) atoms. The van der Waals surface area contributed by atoms with E-state index >= 15 is 0 Å². The number of Topliss-reactive ketones (excluding diaryl/α,β-unsaturated/α-hetero) is 1. The molecule has 0 aliphatic carbocycles. The van der Waals surface area contributed by atoms with Crippen molar-refractivity contribution in [2.75, 3.05) is 27.3 Å². The zero-order valence-corrected chi connectivity index (χ0v) is 19.1. The molecule has 1 fully saturated rings. The quantitative estimate of drug-likeness (QED) is 0.510. The van der Waals surface area contributed by atoms with Crippen LogP contribution in [0, 0.1) is 24.0 Å². The molecule has 174 valence electrons. The first-order valence-corrected chi connectivity index (χ1v) is 10.7. The Balaban J connectivity index is 1.58. The number of hydrogen-bond donors (Lipinski definition) is 0. The Morgan fingerprint density at radius 1 is 1.12 bits per heavy atom. The van der Waals surface area contributed by atoms with Gasteiger partial charge in [0.2, 0.25) is 0 Å². The Bertz CT molecular complexity index is 1150. The Kier molecular flexibility index (Phi) is 5.73. The lowest BCUT2D eigenvalue weighted by molar-refractivity contribution is -0.385. The number of methoxy groups -OCH3 is 2. The Labute approximate surface area is 191 Å². The third kappa shape index (κ3) is 3.88. The highest BCUT2D eigenvalue weighted by Crippen LogP contribution is 2.42. The maximum atomic E-state index is 13.2. The van der Waals surface area contributed by atoms with Gasteiger partial charge in [0.05, 0.1) is 37.2 Å². The summed E-state index contributed by atoms with van der Waals surface area (Å²) in [4.78, 5) is 38.7. The van der Waals surface area contributed by atoms with Crippen molar-refractivity contribution in [1.82, 2.24) is 4.90 Å². The Morgan fingerprint density at radius 3 is 2.36 bits per heavy atom. The number of ketones is 1. The fraction of sp³-hybridized carbons (Fsp3) is 0.417. The van der Waals surface area contributed by atoms with E-state index in [1.165, 1.54) is 26.4 Å². The number of piperidine rings is 1. The first-order valence-electron chi connectivity index (χ1n) is 10.7. The summed E-state index contributed by atoms with van der Waals surface area (Å²) < 4.78 is 16.8. The zero-order valence-electron chi connectivity index (χ0n) is 19.1. The highest BCUT2D eigenvalue weighted by Gasteiger charge is 2.44. The van der Waals surface area contributed by atoms with Crippen LogP contribution in [0.3, 0.4) is 0 Å². The van der Waals surface area contributed by atoms with Gasteiger partial charge in [-0.3, -0.25) is 19.7 Å². The summed E-state index contributed by atoms with van der Waals surface area (Å²) in [6.45, 7) is 4.55. The third-order valence-corrected chi connectivity index (χ3v) is 6.67. The molecule has 9 nitrogen and oxygen atoms in total. The van der Waals surface area contributed by atoms with E-state index in [2.05, 4.69) is 0 Å². The number of ether oxygens (including phenoxy) is 3. The Hall–Kier alpha value is -3.62. The summed E-state index contributed by atoms with van der Waals surface area (Å²) >= 11 is 0. The summed E-state index contributed by atoms with van der Waals surface area (Å²) in [6.07, 6.45) is 1.16. The molecule has 9 heteroatoms. The van der Waals surface area contributed by atoms with Crippen molar-refractivity contribution in [1.29, 1.82) is 0 Å². The SMILES string of the molecule is COc1cc(C(=O)N2CCC3(CC2)CC(=O)c2ccc(C)c(C)c2O3)c([N+](=O)[O-])cc1OC. The largest absolute Gasteiger partial charge is 0.493 e. The van der Waals surface area contributed by atoms with Crippen molar-refractivity contribution in [2.24, 2.45) is 0 Å². The number of nitro benzene ring substituents is 1. The van der Waals surface area contributed by atoms with Crippen molar-refractivity contribution in [3.8, 4) is 17.2 Å². The smallest absolute Gasteiger partial charge is 0.286 e. The minimum Gasteiger partial charge on any atom is -0.493 e. The van der Waals surface area contributed by atoms with E-state index in [0.29, 0.717) is 37.2 Å². The zero-order chi connectivity index (χ0) is 23.9. The topological polar surface area (TPSA) is 108 Å². The van der Waals surface area contributed by atoms with Crippen LogP contribution < -0.4 is 14.2 Å². The van der Waals surface area contributed by atoms with Crippen molar-refractivity contribution in [2.45, 2.75) is 38.7 Å². The third-order valence-electron chi connectivity index (χ3n) is 6.67. The predicted molar refractivity (Wildman–Crippen MR) is 120 cm³/mol. The van der Waals surface area contributed by atoms with Crippen LogP contribution >= 0.6 is 0 Å². The van der Waals surface area contributed by atoms with Gasteiger partial charge in [-0.15, -0.1) is 0 Å². The molecule has 1 spiro atoms. The first kappa shape index (κ1) is 22.6. The second-order valence-electron chi connectivity index (χ2n) is 8.54. The van der Waals surface area contributed by atoms with Gasteiger partial charge in [-0.2, -0.15) is 0 Å². The number of nitrogens with zero attached hydrogens (tertiary/aromatic N) is 2. The summed E-state index contributed by atoms with van der Waals surface area (Å²) in [7, 11) is 2.78. The highest BCUT2D eigenvalue weighted by molar-refractivity contribution is 6.01. The van der Waals surface area contributed by atoms with Gasteiger partial charge >= 0.3 is 0 Å². The van der Waals surface area contributed by atoms with Gasteiger partial charge in [0.25, 0.3) is 11.6 Å². The molecular weight excluding hydrogens is 428 g/mol. The summed E-state index contributed by atoms with van der Waals surface area (Å²) in [6, 6.07) is 6.27. The van der Waals surface area contributed by atoms with Gasteiger partial charge < -0.3 is 19.1 Å². The maximum Gasteiger partial charge on any atom is 0.286 e. The predicted octanol–water partition coefficient (Wildman–Crippen LogP) is 3.87.